The number of carbonyl (C=O) groups is 1. The van der Waals surface area contributed by atoms with Crippen molar-refractivity contribution in [1.29, 1.82) is 0 Å². The van der Waals surface area contributed by atoms with Crippen molar-refractivity contribution in [1.82, 2.24) is 9.99 Å². The third-order valence-corrected chi connectivity index (χ3v) is 4.92. The molecule has 0 saturated heterocycles. The Hall–Kier alpha value is -3.20. The molecule has 3 rings (SSSR count). The Kier molecular flexibility index (Phi) is 6.05. The smallest absolute Gasteiger partial charge is 0.387 e. The number of hydrogen-bond donors (Lipinski definition) is 1. The molecule has 0 atom stereocenters. The van der Waals surface area contributed by atoms with Crippen molar-refractivity contribution in [2.75, 3.05) is 7.11 Å². The van der Waals surface area contributed by atoms with Gasteiger partial charge in [0.1, 0.15) is 0 Å². The first kappa shape index (κ1) is 19.6. The van der Waals surface area contributed by atoms with E-state index in [1.807, 2.05) is 35.9 Å². The molecule has 3 aromatic rings. The van der Waals surface area contributed by atoms with Crippen LogP contribution in [-0.2, 0) is 11.8 Å². The predicted molar refractivity (Wildman–Crippen MR) is 103 cm³/mol. The second kappa shape index (κ2) is 8.66. The number of hydrogen-bond acceptors (Lipinski definition) is 5. The molecule has 0 unspecified atom stereocenters. The van der Waals surface area contributed by atoms with Gasteiger partial charge in [-0.2, -0.15) is 8.78 Å². The van der Waals surface area contributed by atoms with Gasteiger partial charge >= 0.3 is 6.61 Å². The van der Waals surface area contributed by atoms with Gasteiger partial charge in [0.15, 0.2) is 11.5 Å². The number of nitrogens with zero attached hydrogens (tertiary/aromatic N) is 2. The maximum atomic E-state index is 12.4. The minimum Gasteiger partial charge on any atom is -0.493 e. The molecule has 0 radical (unpaired) electrons. The van der Waals surface area contributed by atoms with Gasteiger partial charge in [-0.25, -0.2) is 5.43 Å². The lowest BCUT2D eigenvalue weighted by Crippen LogP contribution is -2.21. The highest BCUT2D eigenvalue weighted by atomic mass is 32.1. The predicted octanol–water partition coefficient (Wildman–Crippen LogP) is 3.50. The summed E-state index contributed by atoms with van der Waals surface area (Å²) < 4.78 is 37.1. The number of aromatic nitrogens is 1. The number of halogens is 2. The van der Waals surface area contributed by atoms with Crippen LogP contribution in [0.5, 0.6) is 11.5 Å². The normalized spacial score (nSPS) is 12.1. The fraction of sp³-hybridized carbons (Fsp3) is 0.158. The number of aryl methyl sites for hydroxylation is 1. The number of rotatable bonds is 6. The van der Waals surface area contributed by atoms with E-state index in [-0.39, 0.29) is 11.5 Å². The van der Waals surface area contributed by atoms with Crippen molar-refractivity contribution in [3.05, 3.63) is 58.9 Å². The largest absolute Gasteiger partial charge is 0.493 e. The second-order valence-corrected chi connectivity index (χ2v) is 6.63. The molecule has 0 bridgehead atoms. The number of fused-ring (bicyclic) bond motifs is 1. The first-order chi connectivity index (χ1) is 13.5. The summed E-state index contributed by atoms with van der Waals surface area (Å²) in [7, 11) is 3.21. The molecule has 0 aliphatic carbocycles. The molecule has 1 N–H and O–H groups in total. The van der Waals surface area contributed by atoms with Crippen LogP contribution in [0.2, 0.25) is 0 Å². The molecular weight excluding hydrogens is 388 g/mol. The number of methoxy groups -OCH3 is 1. The van der Waals surface area contributed by atoms with E-state index in [1.54, 1.807) is 0 Å². The zero-order valence-corrected chi connectivity index (χ0v) is 15.9. The highest BCUT2D eigenvalue weighted by Gasteiger charge is 2.10. The van der Waals surface area contributed by atoms with Crippen molar-refractivity contribution < 1.29 is 23.0 Å². The van der Waals surface area contributed by atoms with Gasteiger partial charge in [-0.3, -0.25) is 4.79 Å². The van der Waals surface area contributed by atoms with Crippen LogP contribution in [0.25, 0.3) is 16.3 Å². The van der Waals surface area contributed by atoms with Crippen molar-refractivity contribution in [3.63, 3.8) is 0 Å². The highest BCUT2D eigenvalue weighted by Crippen LogP contribution is 2.29. The van der Waals surface area contributed by atoms with Gasteiger partial charge < -0.3 is 14.0 Å². The van der Waals surface area contributed by atoms with Gasteiger partial charge in [0.25, 0.3) is 5.91 Å². The van der Waals surface area contributed by atoms with E-state index in [9.17, 15) is 13.6 Å². The molecule has 1 heterocycles. The first-order valence-corrected chi connectivity index (χ1v) is 8.99. The Labute approximate surface area is 163 Å². The second-order valence-electron chi connectivity index (χ2n) is 5.62. The fourth-order valence-electron chi connectivity index (χ4n) is 2.48. The van der Waals surface area contributed by atoms with Crippen LogP contribution >= 0.6 is 11.3 Å². The zero-order chi connectivity index (χ0) is 20.1. The lowest BCUT2D eigenvalue weighted by molar-refractivity contribution is -0.116. The van der Waals surface area contributed by atoms with Crippen LogP contribution in [0.4, 0.5) is 8.78 Å². The molecule has 9 heteroatoms. The third kappa shape index (κ3) is 4.55. The Bertz CT molecular complexity index is 1090. The average Bonchev–Trinajstić information content (AvgIpc) is 3.01. The molecule has 1 amide bonds. The van der Waals surface area contributed by atoms with E-state index in [0.29, 0.717) is 10.4 Å². The lowest BCUT2D eigenvalue weighted by atomic mass is 10.2. The number of alkyl halides is 2. The summed E-state index contributed by atoms with van der Waals surface area (Å²) in [4.78, 5) is 12.7. The van der Waals surface area contributed by atoms with Gasteiger partial charge in [-0.1, -0.05) is 29.5 Å². The molecule has 0 aliphatic rings. The summed E-state index contributed by atoms with van der Waals surface area (Å²) in [6.07, 6.45) is 2.81. The molecule has 0 aliphatic heterocycles. The minimum absolute atomic E-state index is 0.0774. The zero-order valence-electron chi connectivity index (χ0n) is 15.1. The minimum atomic E-state index is -2.95. The number of ether oxygens (including phenoxy) is 2. The SMILES string of the molecule is COc1cc(/C=C/C(=O)N/N=c2/sc3ccccc3n2C)ccc1OC(F)F. The van der Waals surface area contributed by atoms with E-state index in [0.717, 1.165) is 10.2 Å². The molecule has 0 fully saturated rings. The van der Waals surface area contributed by atoms with Gasteiger partial charge in [0.05, 0.1) is 17.3 Å². The van der Waals surface area contributed by atoms with E-state index < -0.39 is 12.5 Å². The van der Waals surface area contributed by atoms with Crippen LogP contribution in [0, 0.1) is 0 Å². The Morgan fingerprint density at radius 1 is 1.25 bits per heavy atom. The Balaban J connectivity index is 1.72. The average molecular weight is 405 g/mol. The topological polar surface area (TPSA) is 64.8 Å². The van der Waals surface area contributed by atoms with Gasteiger partial charge in [-0.15, -0.1) is 5.10 Å². The molecule has 0 spiro atoms. The third-order valence-electron chi connectivity index (χ3n) is 3.81. The Morgan fingerprint density at radius 2 is 2.04 bits per heavy atom. The van der Waals surface area contributed by atoms with Gasteiger partial charge in [-0.05, 0) is 35.9 Å². The van der Waals surface area contributed by atoms with Gasteiger partial charge in [0, 0.05) is 13.1 Å². The fourth-order valence-corrected chi connectivity index (χ4v) is 3.46. The number of para-hydroxylation sites is 1. The maximum Gasteiger partial charge on any atom is 0.387 e. The summed E-state index contributed by atoms with van der Waals surface area (Å²) >= 11 is 1.46. The summed E-state index contributed by atoms with van der Waals surface area (Å²) in [5.74, 6) is -0.361. The number of nitrogens with one attached hydrogen (secondary N) is 1. The first-order valence-electron chi connectivity index (χ1n) is 8.17. The highest BCUT2D eigenvalue weighted by molar-refractivity contribution is 7.16. The molecule has 6 nitrogen and oxygen atoms in total. The number of thiazole rings is 1. The van der Waals surface area contributed by atoms with E-state index in [2.05, 4.69) is 15.3 Å². The van der Waals surface area contributed by atoms with Crippen molar-refractivity contribution in [2.24, 2.45) is 12.1 Å². The summed E-state index contributed by atoms with van der Waals surface area (Å²) in [6.45, 7) is -2.95. The number of carbonyl (C=O) groups excluding carboxylic acids is 1. The molecule has 2 aromatic carbocycles. The lowest BCUT2D eigenvalue weighted by Gasteiger charge is -2.10. The van der Waals surface area contributed by atoms with E-state index >= 15 is 0 Å². The van der Waals surface area contributed by atoms with Crippen molar-refractivity contribution in [2.45, 2.75) is 6.61 Å². The molecular formula is C19H17F2N3O3S. The van der Waals surface area contributed by atoms with E-state index in [4.69, 9.17) is 4.74 Å². The molecule has 28 heavy (non-hydrogen) atoms. The van der Waals surface area contributed by atoms with Crippen LogP contribution < -0.4 is 19.7 Å². The summed E-state index contributed by atoms with van der Waals surface area (Å²) in [6, 6.07) is 12.2. The number of amides is 1. The van der Waals surface area contributed by atoms with Gasteiger partial charge in [0.2, 0.25) is 4.80 Å². The number of benzene rings is 2. The quantitative estimate of drug-likeness (QED) is 0.504. The summed E-state index contributed by atoms with van der Waals surface area (Å²) in [5, 5.41) is 4.14. The van der Waals surface area contributed by atoms with Crippen molar-refractivity contribution in [3.8, 4) is 11.5 Å². The molecule has 0 saturated carbocycles. The van der Waals surface area contributed by atoms with Crippen LogP contribution in [-0.4, -0.2) is 24.2 Å². The molecule has 146 valence electrons. The Morgan fingerprint density at radius 3 is 2.75 bits per heavy atom. The standard InChI is InChI=1S/C19H17F2N3O3S/c1-24-13-5-3-4-6-16(13)28-19(24)23-22-17(25)10-8-12-7-9-14(27-18(20)21)15(11-12)26-2/h3-11,18H,1-2H3,(H,22,25)/b10-8+,23-19+. The maximum absolute atomic E-state index is 12.4. The van der Waals surface area contributed by atoms with Crippen LogP contribution in [0.15, 0.2) is 53.6 Å². The monoisotopic (exact) mass is 405 g/mol. The van der Waals surface area contributed by atoms with Crippen LogP contribution in [0.3, 0.4) is 0 Å². The van der Waals surface area contributed by atoms with E-state index in [1.165, 1.54) is 48.8 Å². The van der Waals surface area contributed by atoms with Crippen molar-refractivity contribution >= 4 is 33.5 Å². The molecule has 1 aromatic heterocycles. The summed E-state index contributed by atoms with van der Waals surface area (Å²) in [5.41, 5.74) is 4.08. The van der Waals surface area contributed by atoms with Crippen LogP contribution in [0.1, 0.15) is 5.56 Å².